The Bertz CT molecular complexity index is 973. The van der Waals surface area contributed by atoms with Gasteiger partial charge in [0.2, 0.25) is 0 Å². The van der Waals surface area contributed by atoms with Crippen LogP contribution in [0.5, 0.6) is 0 Å². The second-order valence-corrected chi connectivity index (χ2v) is 7.39. The molecule has 0 spiro atoms. The normalized spacial score (nSPS) is 15.9. The molecule has 148 valence electrons. The maximum Gasteiger partial charge on any atom is 0.257 e. The number of aromatic nitrogens is 1. The smallest absolute Gasteiger partial charge is 0.257 e. The Hall–Kier alpha value is -2.76. The highest BCUT2D eigenvalue weighted by Gasteiger charge is 2.29. The van der Waals surface area contributed by atoms with Gasteiger partial charge in [0.15, 0.2) is 0 Å². The highest BCUT2D eigenvalue weighted by atomic mass is 35.5. The minimum atomic E-state index is -0.246. The van der Waals surface area contributed by atoms with E-state index in [0.717, 1.165) is 11.1 Å². The maximum absolute atomic E-state index is 13.5. The van der Waals surface area contributed by atoms with Crippen molar-refractivity contribution in [2.45, 2.75) is 6.04 Å². The van der Waals surface area contributed by atoms with Gasteiger partial charge in [-0.05, 0) is 35.4 Å². The van der Waals surface area contributed by atoms with E-state index in [2.05, 4.69) is 22.0 Å². The van der Waals surface area contributed by atoms with Crippen molar-refractivity contribution in [1.82, 2.24) is 14.8 Å². The Morgan fingerprint density at radius 3 is 2.21 bits per heavy atom. The van der Waals surface area contributed by atoms with E-state index in [4.69, 9.17) is 11.6 Å². The summed E-state index contributed by atoms with van der Waals surface area (Å²) in [5, 5.41) is 0.230. The molecule has 29 heavy (non-hydrogen) atoms. The zero-order valence-electron chi connectivity index (χ0n) is 15.8. The Balaban J connectivity index is 1.53. The molecule has 6 heteroatoms. The SMILES string of the molecule is O=C(c1cccnc1Cl)N1CCN([C@@H](c2ccccc2)c2ccc(F)cc2)CC1. The fourth-order valence-corrected chi connectivity index (χ4v) is 3.99. The number of amides is 1. The summed E-state index contributed by atoms with van der Waals surface area (Å²) in [6, 6.07) is 20.3. The summed E-state index contributed by atoms with van der Waals surface area (Å²) >= 11 is 6.09. The molecule has 0 radical (unpaired) electrons. The summed E-state index contributed by atoms with van der Waals surface area (Å²) in [4.78, 5) is 21.0. The minimum Gasteiger partial charge on any atom is -0.336 e. The van der Waals surface area contributed by atoms with Crippen LogP contribution < -0.4 is 0 Å². The van der Waals surface area contributed by atoms with Gasteiger partial charge in [0.05, 0.1) is 11.6 Å². The zero-order valence-corrected chi connectivity index (χ0v) is 16.6. The molecule has 1 amide bonds. The van der Waals surface area contributed by atoms with Crippen molar-refractivity contribution in [3.63, 3.8) is 0 Å². The van der Waals surface area contributed by atoms with E-state index in [9.17, 15) is 9.18 Å². The molecule has 0 N–H and O–H groups in total. The summed E-state index contributed by atoms with van der Waals surface area (Å²) in [6.45, 7) is 2.60. The molecule has 1 atom stereocenters. The lowest BCUT2D eigenvalue weighted by molar-refractivity contribution is 0.0597. The van der Waals surface area contributed by atoms with Crippen molar-refractivity contribution in [2.75, 3.05) is 26.2 Å². The Morgan fingerprint density at radius 1 is 0.897 bits per heavy atom. The van der Waals surface area contributed by atoms with Gasteiger partial charge in [-0.1, -0.05) is 54.1 Å². The number of piperazine rings is 1. The van der Waals surface area contributed by atoms with Crippen LogP contribution in [0.3, 0.4) is 0 Å². The summed E-state index contributed by atoms with van der Waals surface area (Å²) < 4.78 is 13.5. The molecule has 0 saturated carbocycles. The molecule has 4 nitrogen and oxygen atoms in total. The Morgan fingerprint density at radius 2 is 1.55 bits per heavy atom. The highest BCUT2D eigenvalue weighted by Crippen LogP contribution is 2.30. The van der Waals surface area contributed by atoms with Crippen LogP contribution in [0, 0.1) is 5.82 Å². The van der Waals surface area contributed by atoms with Crippen molar-refractivity contribution in [3.8, 4) is 0 Å². The number of carbonyl (C=O) groups excluding carboxylic acids is 1. The van der Waals surface area contributed by atoms with Crippen molar-refractivity contribution in [3.05, 3.63) is 101 Å². The number of rotatable bonds is 4. The summed E-state index contributed by atoms with van der Waals surface area (Å²) in [5.41, 5.74) is 2.61. The van der Waals surface area contributed by atoms with Crippen LogP contribution in [0.25, 0.3) is 0 Å². The fraction of sp³-hybridized carbons (Fsp3) is 0.217. The van der Waals surface area contributed by atoms with Crippen LogP contribution in [0.15, 0.2) is 72.9 Å². The van der Waals surface area contributed by atoms with E-state index >= 15 is 0 Å². The molecule has 0 bridgehead atoms. The highest BCUT2D eigenvalue weighted by molar-refractivity contribution is 6.32. The average molecular weight is 410 g/mol. The van der Waals surface area contributed by atoms with Crippen molar-refractivity contribution in [2.24, 2.45) is 0 Å². The number of benzene rings is 2. The fourth-order valence-electron chi connectivity index (χ4n) is 3.79. The van der Waals surface area contributed by atoms with E-state index in [1.807, 2.05) is 35.2 Å². The average Bonchev–Trinajstić information content (AvgIpc) is 2.76. The third-order valence-electron chi connectivity index (χ3n) is 5.26. The summed E-state index contributed by atoms with van der Waals surface area (Å²) in [7, 11) is 0. The maximum atomic E-state index is 13.5. The van der Waals surface area contributed by atoms with E-state index in [1.54, 1.807) is 18.3 Å². The second kappa shape index (κ2) is 8.72. The molecular formula is C23H21ClFN3O. The van der Waals surface area contributed by atoms with Gasteiger partial charge in [-0.2, -0.15) is 0 Å². The van der Waals surface area contributed by atoms with E-state index < -0.39 is 0 Å². The summed E-state index contributed by atoms with van der Waals surface area (Å²) in [5.74, 6) is -0.342. The molecule has 3 aromatic rings. The quantitative estimate of drug-likeness (QED) is 0.598. The molecule has 1 fully saturated rings. The van der Waals surface area contributed by atoms with E-state index in [-0.39, 0.29) is 22.9 Å². The molecule has 1 aliphatic rings. The van der Waals surface area contributed by atoms with Crippen LogP contribution in [0.4, 0.5) is 4.39 Å². The number of carbonyl (C=O) groups is 1. The first-order valence-electron chi connectivity index (χ1n) is 9.58. The third-order valence-corrected chi connectivity index (χ3v) is 5.56. The lowest BCUT2D eigenvalue weighted by atomic mass is 9.96. The van der Waals surface area contributed by atoms with Gasteiger partial charge in [0.1, 0.15) is 11.0 Å². The van der Waals surface area contributed by atoms with Gasteiger partial charge < -0.3 is 4.90 Å². The molecular weight excluding hydrogens is 389 g/mol. The zero-order chi connectivity index (χ0) is 20.2. The van der Waals surface area contributed by atoms with Crippen LogP contribution in [-0.2, 0) is 0 Å². The van der Waals surface area contributed by atoms with Gasteiger partial charge in [0, 0.05) is 32.4 Å². The van der Waals surface area contributed by atoms with Gasteiger partial charge >= 0.3 is 0 Å². The van der Waals surface area contributed by atoms with Crippen molar-refractivity contribution >= 4 is 17.5 Å². The van der Waals surface area contributed by atoms with Crippen molar-refractivity contribution in [1.29, 1.82) is 0 Å². The van der Waals surface area contributed by atoms with Gasteiger partial charge in [-0.15, -0.1) is 0 Å². The first-order valence-corrected chi connectivity index (χ1v) is 9.95. The lowest BCUT2D eigenvalue weighted by Gasteiger charge is -2.39. The van der Waals surface area contributed by atoms with Crippen LogP contribution >= 0.6 is 11.6 Å². The van der Waals surface area contributed by atoms with E-state index in [1.165, 1.54) is 12.1 Å². The van der Waals surface area contributed by atoms with Gasteiger partial charge in [0.25, 0.3) is 5.91 Å². The standard InChI is InChI=1S/C23H21ClFN3O/c24-22-20(7-4-12-26-22)23(29)28-15-13-27(14-16-28)21(17-5-2-1-3-6-17)18-8-10-19(25)11-9-18/h1-12,21H,13-16H2/t21-/m0/s1. The lowest BCUT2D eigenvalue weighted by Crippen LogP contribution is -2.50. The molecule has 1 saturated heterocycles. The molecule has 0 unspecified atom stereocenters. The van der Waals surface area contributed by atoms with Crippen LogP contribution in [0.2, 0.25) is 5.15 Å². The molecule has 2 aromatic carbocycles. The van der Waals surface area contributed by atoms with Crippen molar-refractivity contribution < 1.29 is 9.18 Å². The summed E-state index contributed by atoms with van der Waals surface area (Å²) in [6.07, 6.45) is 1.57. The first-order chi connectivity index (χ1) is 14.1. The van der Waals surface area contributed by atoms with Gasteiger partial charge in [-0.25, -0.2) is 9.37 Å². The third kappa shape index (κ3) is 4.31. The monoisotopic (exact) mass is 409 g/mol. The number of nitrogens with zero attached hydrogens (tertiary/aromatic N) is 3. The predicted molar refractivity (Wildman–Crippen MR) is 111 cm³/mol. The minimum absolute atomic E-state index is 0.0102. The molecule has 4 rings (SSSR count). The second-order valence-electron chi connectivity index (χ2n) is 7.03. The van der Waals surface area contributed by atoms with Crippen LogP contribution in [0.1, 0.15) is 27.5 Å². The number of hydrogen-bond donors (Lipinski definition) is 0. The first kappa shape index (κ1) is 19.6. The topological polar surface area (TPSA) is 36.4 Å². The number of hydrogen-bond acceptors (Lipinski definition) is 3. The molecule has 1 aliphatic heterocycles. The molecule has 2 heterocycles. The van der Waals surface area contributed by atoms with E-state index in [0.29, 0.717) is 31.7 Å². The number of pyridine rings is 1. The molecule has 0 aliphatic carbocycles. The Kier molecular flexibility index (Phi) is 5.88. The largest absolute Gasteiger partial charge is 0.336 e. The van der Waals surface area contributed by atoms with Gasteiger partial charge in [-0.3, -0.25) is 9.69 Å². The predicted octanol–water partition coefficient (Wildman–Crippen LogP) is 4.42. The van der Waals surface area contributed by atoms with Crippen LogP contribution in [-0.4, -0.2) is 46.9 Å². The Labute approximate surface area is 174 Å². The number of halogens is 2. The molecule has 1 aromatic heterocycles.